The minimum absolute atomic E-state index is 0.239. The summed E-state index contributed by atoms with van der Waals surface area (Å²) in [5.74, 6) is 0. The monoisotopic (exact) mass is 1260 g/mol. The van der Waals surface area contributed by atoms with Gasteiger partial charge in [-0.3, -0.25) is 0 Å². The van der Waals surface area contributed by atoms with E-state index in [1.807, 2.05) is 11.3 Å². The highest BCUT2D eigenvalue weighted by Crippen LogP contribution is 2.59. The Bertz CT molecular complexity index is 6260. The van der Waals surface area contributed by atoms with Crippen molar-refractivity contribution in [2.45, 2.75) is 5.41 Å². The molecule has 98 heavy (non-hydrogen) atoms. The molecular formula is C93H58BN3S. The second-order valence-corrected chi connectivity index (χ2v) is 27.6. The fourth-order valence-corrected chi connectivity index (χ4v) is 18.6. The number of aromatic nitrogens is 1. The average molecular weight is 1260 g/mol. The van der Waals surface area contributed by atoms with Gasteiger partial charge in [0.1, 0.15) is 0 Å². The van der Waals surface area contributed by atoms with Crippen molar-refractivity contribution in [2.24, 2.45) is 0 Å². The lowest BCUT2D eigenvalue weighted by Gasteiger charge is -2.45. The van der Waals surface area contributed by atoms with Gasteiger partial charge >= 0.3 is 0 Å². The molecule has 1 aliphatic carbocycles. The average Bonchev–Trinajstić information content (AvgIpc) is 1.13. The van der Waals surface area contributed by atoms with Gasteiger partial charge in [0.15, 0.2) is 0 Å². The molecule has 3 nitrogen and oxygen atoms in total. The number of fused-ring (bicyclic) bond motifs is 15. The summed E-state index contributed by atoms with van der Waals surface area (Å²) in [6, 6.07) is 133. The topological polar surface area (TPSA) is 11.4 Å². The standard InChI is InChI=1S/C93H58BN3S/c1-6-26-59(27-7-1)70-49-46-61-30-16-18-38-68(61)91(70)96-84-55-76-74-41-21-24-44-82(74)95(67-36-14-5-15-37-67)83(76)57-80(84)94-81-58-89-77(75-42-22-25-45-88(75)98-89)56-85(81)97(92-69-39-19-17-31-62(69)47-50-71(92)60-28-8-2-9-29-60)87-54-64(53-86(96)90(87)94)63-48-51-73-72-40-20-23-43-78(72)93(79(73)52-63,65-32-10-3-11-33-65)66-34-12-4-13-35-66/h1-58H. The summed E-state index contributed by atoms with van der Waals surface area (Å²) >= 11 is 1.90. The van der Waals surface area contributed by atoms with Crippen LogP contribution in [0.5, 0.6) is 0 Å². The number of para-hydroxylation sites is 2. The van der Waals surface area contributed by atoms with Gasteiger partial charge in [-0.1, -0.05) is 285 Å². The number of hydrogen-bond donors (Lipinski definition) is 0. The maximum absolute atomic E-state index is 2.72. The van der Waals surface area contributed by atoms with Crippen molar-refractivity contribution in [3.05, 3.63) is 374 Å². The Balaban J connectivity index is 0.963. The molecule has 2 aromatic heterocycles. The van der Waals surface area contributed by atoms with Crippen LogP contribution in [0.1, 0.15) is 22.3 Å². The Labute approximate surface area is 572 Å². The fraction of sp³-hybridized carbons (Fsp3) is 0.0108. The lowest BCUT2D eigenvalue weighted by molar-refractivity contribution is 0.769. The SMILES string of the molecule is c1ccc(-c2ccc3ccccc3c2N2c3cc4c(cc3B3c5cc6c(cc5N(c5c(-c7ccccc7)ccc7ccccc57)c5cc(-c7ccc8c(c7)C(c7ccccc7)(c7ccccc7)c7ccccc7-8)cc2c53)c2ccccc2n6-c2ccccc2)sc2ccccc24)cc1. The molecular weight excluding hydrogens is 1200 g/mol. The van der Waals surface area contributed by atoms with E-state index in [-0.39, 0.29) is 6.71 Å². The molecule has 0 radical (unpaired) electrons. The van der Waals surface area contributed by atoms with Gasteiger partial charge in [0.2, 0.25) is 0 Å². The molecule has 0 unspecified atom stereocenters. The zero-order valence-corrected chi connectivity index (χ0v) is 54.1. The van der Waals surface area contributed by atoms with E-state index in [4.69, 9.17) is 0 Å². The van der Waals surface area contributed by atoms with Crippen molar-refractivity contribution in [1.82, 2.24) is 4.57 Å². The smallest absolute Gasteiger partial charge is 0.252 e. The van der Waals surface area contributed by atoms with Crippen LogP contribution >= 0.6 is 11.3 Å². The quantitative estimate of drug-likeness (QED) is 0.141. The molecule has 3 aliphatic rings. The van der Waals surface area contributed by atoms with Crippen LogP contribution in [0.3, 0.4) is 0 Å². The van der Waals surface area contributed by atoms with Crippen LogP contribution in [0.4, 0.5) is 34.1 Å². The van der Waals surface area contributed by atoms with Crippen molar-refractivity contribution >= 4 is 132 Å². The van der Waals surface area contributed by atoms with Gasteiger partial charge in [0.25, 0.3) is 6.71 Å². The molecule has 4 heterocycles. The van der Waals surface area contributed by atoms with Gasteiger partial charge in [-0.2, -0.15) is 0 Å². The van der Waals surface area contributed by atoms with Gasteiger partial charge in [-0.25, -0.2) is 0 Å². The minimum atomic E-state index is -0.617. The zero-order chi connectivity index (χ0) is 64.2. The molecule has 0 atom stereocenters. The molecule has 0 amide bonds. The summed E-state index contributed by atoms with van der Waals surface area (Å²) in [5, 5.41) is 9.65. The van der Waals surface area contributed by atoms with Crippen molar-refractivity contribution in [1.29, 1.82) is 0 Å². The molecule has 0 saturated carbocycles. The minimum Gasteiger partial charge on any atom is -0.310 e. The molecule has 18 aromatic rings. The Morgan fingerprint density at radius 2 is 0.765 bits per heavy atom. The van der Waals surface area contributed by atoms with Gasteiger partial charge < -0.3 is 14.4 Å². The van der Waals surface area contributed by atoms with E-state index in [1.165, 1.54) is 119 Å². The van der Waals surface area contributed by atoms with Crippen LogP contribution in [0, 0.1) is 0 Å². The lowest BCUT2D eigenvalue weighted by Crippen LogP contribution is -2.61. The maximum Gasteiger partial charge on any atom is 0.252 e. The van der Waals surface area contributed by atoms with Crippen LogP contribution in [-0.4, -0.2) is 11.3 Å². The molecule has 5 heteroatoms. The van der Waals surface area contributed by atoms with Crippen LogP contribution < -0.4 is 26.2 Å². The normalized spacial score (nSPS) is 13.3. The summed E-state index contributed by atoms with van der Waals surface area (Å²) < 4.78 is 5.06. The predicted octanol–water partition coefficient (Wildman–Crippen LogP) is 22.9. The molecule has 454 valence electrons. The van der Waals surface area contributed by atoms with E-state index in [1.54, 1.807) is 0 Å². The summed E-state index contributed by atoms with van der Waals surface area (Å²) in [4.78, 5) is 5.44. The Hall–Kier alpha value is -12.3. The first kappa shape index (κ1) is 55.1. The Morgan fingerprint density at radius 1 is 0.276 bits per heavy atom. The number of anilines is 6. The number of nitrogens with zero attached hydrogens (tertiary/aromatic N) is 3. The van der Waals surface area contributed by atoms with Crippen LogP contribution in [-0.2, 0) is 5.41 Å². The molecule has 0 fully saturated rings. The van der Waals surface area contributed by atoms with Gasteiger partial charge in [0.05, 0.1) is 27.8 Å². The molecule has 0 N–H and O–H groups in total. The summed E-state index contributed by atoms with van der Waals surface area (Å²) in [6.07, 6.45) is 0. The number of thiophene rings is 1. The Kier molecular flexibility index (Phi) is 12.0. The summed E-state index contributed by atoms with van der Waals surface area (Å²) in [6.45, 7) is -0.239. The fourth-order valence-electron chi connectivity index (χ4n) is 17.5. The highest BCUT2D eigenvalue weighted by molar-refractivity contribution is 7.26. The number of hydrogen-bond acceptors (Lipinski definition) is 3. The van der Waals surface area contributed by atoms with Gasteiger partial charge in [0, 0.05) is 81.3 Å². The molecule has 21 rings (SSSR count). The van der Waals surface area contributed by atoms with Crippen molar-refractivity contribution in [3.63, 3.8) is 0 Å². The van der Waals surface area contributed by atoms with E-state index in [0.29, 0.717) is 0 Å². The van der Waals surface area contributed by atoms with E-state index in [2.05, 4.69) is 366 Å². The first-order chi connectivity index (χ1) is 48.6. The third-order valence-electron chi connectivity index (χ3n) is 21.6. The third-order valence-corrected chi connectivity index (χ3v) is 22.7. The Morgan fingerprint density at radius 3 is 1.40 bits per heavy atom. The van der Waals surface area contributed by atoms with Crippen molar-refractivity contribution in [3.8, 4) is 50.2 Å². The largest absolute Gasteiger partial charge is 0.310 e. The second-order valence-electron chi connectivity index (χ2n) is 26.5. The van der Waals surface area contributed by atoms with Crippen molar-refractivity contribution in [2.75, 3.05) is 9.80 Å². The molecule has 0 spiro atoms. The van der Waals surface area contributed by atoms with E-state index < -0.39 is 5.41 Å². The lowest BCUT2D eigenvalue weighted by atomic mass is 9.33. The molecule has 16 aromatic carbocycles. The van der Waals surface area contributed by atoms with Crippen LogP contribution in [0.25, 0.3) is 114 Å². The summed E-state index contributed by atoms with van der Waals surface area (Å²) in [5.41, 5.74) is 28.0. The van der Waals surface area contributed by atoms with Gasteiger partial charge in [-0.15, -0.1) is 11.3 Å². The van der Waals surface area contributed by atoms with E-state index in [0.717, 1.165) is 67.5 Å². The van der Waals surface area contributed by atoms with Crippen molar-refractivity contribution < 1.29 is 0 Å². The molecule has 0 saturated heterocycles. The maximum atomic E-state index is 2.72. The van der Waals surface area contributed by atoms with E-state index in [9.17, 15) is 0 Å². The third kappa shape index (κ3) is 7.88. The number of benzene rings is 16. The van der Waals surface area contributed by atoms with Gasteiger partial charge in [-0.05, 0) is 150 Å². The predicted molar refractivity (Wildman–Crippen MR) is 416 cm³/mol. The van der Waals surface area contributed by atoms with Crippen LogP contribution in [0.2, 0.25) is 0 Å². The highest BCUT2D eigenvalue weighted by atomic mass is 32.1. The van der Waals surface area contributed by atoms with E-state index >= 15 is 0 Å². The highest BCUT2D eigenvalue weighted by Gasteiger charge is 2.48. The second kappa shape index (κ2) is 21.4. The zero-order valence-electron chi connectivity index (χ0n) is 53.3. The first-order valence-corrected chi connectivity index (χ1v) is 34.8. The first-order valence-electron chi connectivity index (χ1n) is 34.0. The summed E-state index contributed by atoms with van der Waals surface area (Å²) in [7, 11) is 0. The number of rotatable bonds is 8. The molecule has 0 bridgehead atoms. The molecule has 2 aliphatic heterocycles. The van der Waals surface area contributed by atoms with Crippen LogP contribution in [0.15, 0.2) is 352 Å².